The molecule has 5 rings (SSSR count). The summed E-state index contributed by atoms with van der Waals surface area (Å²) in [6, 6.07) is 0. The second kappa shape index (κ2) is 11.5. The van der Waals surface area contributed by atoms with Gasteiger partial charge in [0.1, 0.15) is 12.7 Å². The Labute approximate surface area is 249 Å². The first-order valence-electron chi connectivity index (χ1n) is 15.3. The maximum absolute atomic E-state index is 12.6. The van der Waals surface area contributed by atoms with Crippen molar-refractivity contribution in [3.8, 4) is 0 Å². The SMILES string of the molecule is C[C@]12CC[C@@H]3[C@H](CC[C@]4(O)C[C@H](OC(=O)CCC(=O)O)CC[C@]34COC(=O)CCC(=O)O)[C@@]1(O)CC[C@H]2C1=CC(=O)OC1. The molecule has 238 valence electrons. The zero-order valence-corrected chi connectivity index (χ0v) is 24.5. The summed E-state index contributed by atoms with van der Waals surface area (Å²) in [6.07, 6.45) is 3.66. The van der Waals surface area contributed by atoms with Gasteiger partial charge in [0.2, 0.25) is 0 Å². The molecule has 0 aromatic carbocycles. The molecule has 4 saturated carbocycles. The summed E-state index contributed by atoms with van der Waals surface area (Å²) in [5, 5.41) is 42.8. The molecule has 0 saturated heterocycles. The van der Waals surface area contributed by atoms with E-state index in [1.54, 1.807) is 6.08 Å². The number of fused-ring (bicyclic) bond motifs is 5. The molecule has 1 aliphatic heterocycles. The standard InChI is InChI=1S/C31H42O12/c1-28-10-7-21-22(31(28,40)13-9-20(28)18-14-27(38)41-16-18)8-12-30(39)15-19(43-26(37)5-3-24(34)35)6-11-29(21,30)17-42-25(36)4-2-23(32)33/h14,19-22,39-40H,2-13,15-17H2,1H3,(H,32,33)(H,34,35)/t19-,20+,21-,22+,28-,29+,30+,31+/m1/s1. The fourth-order valence-corrected chi connectivity index (χ4v) is 9.51. The molecule has 43 heavy (non-hydrogen) atoms. The number of ether oxygens (including phenoxy) is 3. The zero-order valence-electron chi connectivity index (χ0n) is 24.5. The first-order chi connectivity index (χ1) is 20.2. The molecule has 8 atom stereocenters. The Bertz CT molecular complexity index is 1210. The van der Waals surface area contributed by atoms with E-state index in [0.29, 0.717) is 44.9 Å². The second-order valence-corrected chi connectivity index (χ2v) is 13.5. The number of hydrogen-bond donors (Lipinski definition) is 4. The summed E-state index contributed by atoms with van der Waals surface area (Å²) in [5.74, 6) is -4.39. The van der Waals surface area contributed by atoms with Crippen LogP contribution in [0.3, 0.4) is 0 Å². The number of carbonyl (C=O) groups is 5. The highest BCUT2D eigenvalue weighted by Gasteiger charge is 2.71. The zero-order chi connectivity index (χ0) is 31.2. The molecular formula is C31H42O12. The van der Waals surface area contributed by atoms with Crippen molar-refractivity contribution in [3.05, 3.63) is 11.6 Å². The Morgan fingerprint density at radius 3 is 2.21 bits per heavy atom. The van der Waals surface area contributed by atoms with E-state index < -0.39 is 52.0 Å². The normalized spacial score (nSPS) is 39.9. The Kier molecular flexibility index (Phi) is 8.41. The average Bonchev–Trinajstić information content (AvgIpc) is 3.49. The molecule has 12 nitrogen and oxygen atoms in total. The van der Waals surface area contributed by atoms with E-state index in [9.17, 15) is 34.2 Å². The molecule has 1 heterocycles. The minimum atomic E-state index is -1.40. The average molecular weight is 607 g/mol. The minimum absolute atomic E-state index is 0.0172. The molecule has 0 aromatic heterocycles. The van der Waals surface area contributed by atoms with Crippen LogP contribution in [0.2, 0.25) is 0 Å². The van der Waals surface area contributed by atoms with Gasteiger partial charge in [0.05, 0.1) is 43.5 Å². The fourth-order valence-electron chi connectivity index (χ4n) is 9.51. The van der Waals surface area contributed by atoms with Crippen LogP contribution in [0, 0.1) is 28.6 Å². The van der Waals surface area contributed by atoms with E-state index in [2.05, 4.69) is 6.92 Å². The number of aliphatic carboxylic acids is 2. The van der Waals surface area contributed by atoms with E-state index in [1.165, 1.54) is 0 Å². The summed E-state index contributed by atoms with van der Waals surface area (Å²) < 4.78 is 16.5. The van der Waals surface area contributed by atoms with Crippen LogP contribution in [-0.2, 0) is 38.2 Å². The monoisotopic (exact) mass is 606 g/mol. The topological polar surface area (TPSA) is 194 Å². The van der Waals surface area contributed by atoms with Crippen LogP contribution < -0.4 is 0 Å². The van der Waals surface area contributed by atoms with Gasteiger partial charge in [0.15, 0.2) is 0 Å². The highest BCUT2D eigenvalue weighted by molar-refractivity contribution is 5.85. The molecule has 0 amide bonds. The Hall–Kier alpha value is -2.99. The molecule has 5 aliphatic rings. The summed E-state index contributed by atoms with van der Waals surface area (Å²) >= 11 is 0. The van der Waals surface area contributed by atoms with Crippen molar-refractivity contribution in [1.29, 1.82) is 0 Å². The van der Waals surface area contributed by atoms with Crippen molar-refractivity contribution in [2.24, 2.45) is 28.6 Å². The van der Waals surface area contributed by atoms with Gasteiger partial charge in [-0.15, -0.1) is 0 Å². The van der Waals surface area contributed by atoms with Crippen molar-refractivity contribution < 1.29 is 58.6 Å². The van der Waals surface area contributed by atoms with Crippen LogP contribution in [0.25, 0.3) is 0 Å². The summed E-state index contributed by atoms with van der Waals surface area (Å²) in [6.45, 7) is 2.16. The third kappa shape index (κ3) is 5.45. The largest absolute Gasteiger partial charge is 0.481 e. The third-order valence-electron chi connectivity index (χ3n) is 11.6. The fraction of sp³-hybridized carbons (Fsp3) is 0.774. The molecule has 12 heteroatoms. The molecule has 4 N–H and O–H groups in total. The van der Waals surface area contributed by atoms with Gasteiger partial charge in [-0.3, -0.25) is 19.2 Å². The van der Waals surface area contributed by atoms with E-state index in [4.69, 9.17) is 24.4 Å². The Morgan fingerprint density at radius 1 is 0.884 bits per heavy atom. The van der Waals surface area contributed by atoms with Crippen molar-refractivity contribution >= 4 is 29.8 Å². The second-order valence-electron chi connectivity index (χ2n) is 13.5. The van der Waals surface area contributed by atoms with Gasteiger partial charge in [-0.1, -0.05) is 6.92 Å². The van der Waals surface area contributed by atoms with E-state index in [-0.39, 0.29) is 75.5 Å². The number of carboxylic acid groups (broad SMARTS) is 2. The highest BCUT2D eigenvalue weighted by Crippen LogP contribution is 2.70. The maximum Gasteiger partial charge on any atom is 0.331 e. The summed E-state index contributed by atoms with van der Waals surface area (Å²) in [4.78, 5) is 58.7. The van der Waals surface area contributed by atoms with Crippen LogP contribution >= 0.6 is 0 Å². The lowest BCUT2D eigenvalue weighted by Crippen LogP contribution is -2.69. The van der Waals surface area contributed by atoms with E-state index in [1.807, 2.05) is 0 Å². The number of rotatable bonds is 10. The molecule has 4 aliphatic carbocycles. The lowest BCUT2D eigenvalue weighted by atomic mass is 9.41. The van der Waals surface area contributed by atoms with E-state index in [0.717, 1.165) is 5.57 Å². The van der Waals surface area contributed by atoms with Crippen molar-refractivity contribution in [3.63, 3.8) is 0 Å². The quantitative estimate of drug-likeness (QED) is 0.210. The summed E-state index contributed by atoms with van der Waals surface area (Å²) in [5.41, 5.74) is -3.05. The smallest absolute Gasteiger partial charge is 0.331 e. The lowest BCUT2D eigenvalue weighted by Gasteiger charge is -2.66. The first kappa shape index (κ1) is 31.4. The van der Waals surface area contributed by atoms with Gasteiger partial charge < -0.3 is 34.6 Å². The number of carbonyl (C=O) groups excluding carboxylic acids is 3. The number of carboxylic acids is 2. The molecule has 0 spiro atoms. The van der Waals surface area contributed by atoms with Gasteiger partial charge in [0.25, 0.3) is 0 Å². The summed E-state index contributed by atoms with van der Waals surface area (Å²) in [7, 11) is 0. The molecule has 0 aromatic rings. The minimum Gasteiger partial charge on any atom is -0.481 e. The van der Waals surface area contributed by atoms with Gasteiger partial charge >= 0.3 is 29.8 Å². The Morgan fingerprint density at radius 2 is 1.56 bits per heavy atom. The lowest BCUT2D eigenvalue weighted by molar-refractivity contribution is -0.272. The van der Waals surface area contributed by atoms with Gasteiger partial charge in [0, 0.05) is 23.3 Å². The van der Waals surface area contributed by atoms with Crippen molar-refractivity contribution in [2.75, 3.05) is 13.2 Å². The predicted octanol–water partition coefficient (Wildman–Crippen LogP) is 2.52. The van der Waals surface area contributed by atoms with Gasteiger partial charge in [-0.25, -0.2) is 4.79 Å². The molecule has 0 bridgehead atoms. The predicted molar refractivity (Wildman–Crippen MR) is 146 cm³/mol. The third-order valence-corrected chi connectivity index (χ3v) is 11.6. The van der Waals surface area contributed by atoms with E-state index >= 15 is 0 Å². The van der Waals surface area contributed by atoms with Crippen LogP contribution in [0.5, 0.6) is 0 Å². The van der Waals surface area contributed by atoms with Crippen LogP contribution in [0.15, 0.2) is 11.6 Å². The molecule has 4 fully saturated rings. The van der Waals surface area contributed by atoms with Crippen LogP contribution in [-0.4, -0.2) is 80.8 Å². The number of cyclic esters (lactones) is 1. The number of aliphatic hydroxyl groups is 2. The van der Waals surface area contributed by atoms with Gasteiger partial charge in [-0.05, 0) is 74.7 Å². The molecule has 0 unspecified atom stereocenters. The first-order valence-corrected chi connectivity index (χ1v) is 15.3. The maximum atomic E-state index is 12.6. The van der Waals surface area contributed by atoms with Crippen LogP contribution in [0.1, 0.15) is 90.4 Å². The van der Waals surface area contributed by atoms with Crippen molar-refractivity contribution in [1.82, 2.24) is 0 Å². The molecular weight excluding hydrogens is 564 g/mol. The number of hydrogen-bond acceptors (Lipinski definition) is 10. The molecule has 0 radical (unpaired) electrons. The van der Waals surface area contributed by atoms with Crippen molar-refractivity contribution in [2.45, 2.75) is 108 Å². The highest BCUT2D eigenvalue weighted by atomic mass is 16.5. The number of esters is 3. The van der Waals surface area contributed by atoms with Gasteiger partial charge in [-0.2, -0.15) is 0 Å². The van der Waals surface area contributed by atoms with Crippen LogP contribution in [0.4, 0.5) is 0 Å². The Balaban J connectivity index is 1.41.